The fraction of sp³-hybridized carbons (Fsp3) is 0.500. The molecule has 2 fully saturated rings. The molecule has 0 radical (unpaired) electrons. The van der Waals surface area contributed by atoms with E-state index in [2.05, 4.69) is 27.1 Å². The van der Waals surface area contributed by atoms with Crippen molar-refractivity contribution in [2.75, 3.05) is 33.8 Å². The second-order valence-electron chi connectivity index (χ2n) is 7.11. The number of likely N-dealkylation sites (N-methyl/N-ethyl adjacent to an activating group) is 1. The van der Waals surface area contributed by atoms with Crippen LogP contribution in [0, 0.1) is 0 Å². The number of carbonyl (C=O) groups excluding carboxylic acids is 1. The van der Waals surface area contributed by atoms with Crippen molar-refractivity contribution in [2.24, 2.45) is 0 Å². The average Bonchev–Trinajstić information content (AvgIpc) is 3.31. The van der Waals surface area contributed by atoms with Gasteiger partial charge in [-0.25, -0.2) is 14.5 Å². The normalized spacial score (nSPS) is 23.0. The van der Waals surface area contributed by atoms with E-state index in [0.29, 0.717) is 13.1 Å². The van der Waals surface area contributed by atoms with Crippen LogP contribution in [0.3, 0.4) is 0 Å². The van der Waals surface area contributed by atoms with Crippen LogP contribution in [0.25, 0.3) is 0 Å². The van der Waals surface area contributed by atoms with Crippen molar-refractivity contribution < 1.29 is 14.3 Å². The van der Waals surface area contributed by atoms with Gasteiger partial charge in [0.15, 0.2) is 0 Å². The first-order chi connectivity index (χ1) is 12.6. The lowest BCUT2D eigenvalue weighted by atomic mass is 10.0. The Bertz CT molecular complexity index is 794. The molecule has 0 saturated carbocycles. The van der Waals surface area contributed by atoms with Gasteiger partial charge >= 0.3 is 6.09 Å². The maximum absolute atomic E-state index is 11.7. The summed E-state index contributed by atoms with van der Waals surface area (Å²) in [6.07, 6.45) is 3.89. The van der Waals surface area contributed by atoms with Gasteiger partial charge in [0, 0.05) is 38.7 Å². The Morgan fingerprint density at radius 3 is 2.88 bits per heavy atom. The van der Waals surface area contributed by atoms with Crippen LogP contribution in [0.15, 0.2) is 30.9 Å². The lowest BCUT2D eigenvalue weighted by Gasteiger charge is -2.22. The van der Waals surface area contributed by atoms with Crippen molar-refractivity contribution in [3.05, 3.63) is 42.0 Å². The summed E-state index contributed by atoms with van der Waals surface area (Å²) in [7, 11) is 3.47. The highest BCUT2D eigenvalue weighted by Gasteiger charge is 2.48. The molecule has 8 heteroatoms. The third-order valence-corrected chi connectivity index (χ3v) is 5.09. The molecule has 1 amide bonds. The van der Waals surface area contributed by atoms with Gasteiger partial charge in [-0.05, 0) is 17.7 Å². The minimum Gasteiger partial charge on any atom is -0.496 e. The number of methoxy groups -OCH3 is 1. The molecule has 2 aromatic rings. The molecule has 2 aliphatic heterocycles. The number of hydrogen-bond donors (Lipinski definition) is 0. The second-order valence-corrected chi connectivity index (χ2v) is 7.11. The van der Waals surface area contributed by atoms with Crippen molar-refractivity contribution in [3.63, 3.8) is 0 Å². The van der Waals surface area contributed by atoms with Gasteiger partial charge in [0.25, 0.3) is 0 Å². The fourth-order valence-electron chi connectivity index (χ4n) is 3.87. The number of hydrogen-bond acceptors (Lipinski definition) is 6. The second kappa shape index (κ2) is 6.60. The van der Waals surface area contributed by atoms with Crippen LogP contribution in [-0.2, 0) is 17.8 Å². The highest BCUT2D eigenvalue weighted by molar-refractivity contribution is 5.70. The molecule has 0 bridgehead atoms. The van der Waals surface area contributed by atoms with Gasteiger partial charge in [-0.1, -0.05) is 6.07 Å². The number of nitrogens with zero attached hydrogens (tertiary/aromatic N) is 5. The molecule has 138 valence electrons. The van der Waals surface area contributed by atoms with Crippen molar-refractivity contribution in [3.8, 4) is 5.75 Å². The van der Waals surface area contributed by atoms with Crippen LogP contribution in [0.5, 0.6) is 5.75 Å². The van der Waals surface area contributed by atoms with Gasteiger partial charge in [0.1, 0.15) is 24.0 Å². The number of carbonyl (C=O) groups is 1. The Balaban J connectivity index is 1.46. The van der Waals surface area contributed by atoms with E-state index in [1.54, 1.807) is 30.1 Å². The Morgan fingerprint density at radius 2 is 2.19 bits per heavy atom. The summed E-state index contributed by atoms with van der Waals surface area (Å²) >= 11 is 0. The predicted octanol–water partition coefficient (Wildman–Crippen LogP) is 1.36. The van der Waals surface area contributed by atoms with E-state index < -0.39 is 0 Å². The van der Waals surface area contributed by atoms with Gasteiger partial charge < -0.3 is 14.4 Å². The van der Waals surface area contributed by atoms with Gasteiger partial charge in [-0.3, -0.25) is 4.90 Å². The summed E-state index contributed by atoms with van der Waals surface area (Å²) in [5.41, 5.74) is 1.93. The molecule has 0 aliphatic carbocycles. The first-order valence-electron chi connectivity index (χ1n) is 8.72. The van der Waals surface area contributed by atoms with E-state index in [1.165, 1.54) is 11.9 Å². The summed E-state index contributed by atoms with van der Waals surface area (Å²) < 4.78 is 12.9. The quantitative estimate of drug-likeness (QED) is 0.805. The molecular weight excluding hydrogens is 334 g/mol. The molecule has 1 spiro atoms. The van der Waals surface area contributed by atoms with E-state index in [-0.39, 0.29) is 11.7 Å². The highest BCUT2D eigenvalue weighted by atomic mass is 16.6. The first kappa shape index (κ1) is 16.8. The van der Waals surface area contributed by atoms with Crippen LogP contribution in [0.4, 0.5) is 4.79 Å². The number of ether oxygens (including phenoxy) is 2. The molecule has 1 aromatic carbocycles. The number of rotatable bonds is 5. The number of amides is 1. The van der Waals surface area contributed by atoms with E-state index >= 15 is 0 Å². The summed E-state index contributed by atoms with van der Waals surface area (Å²) in [5.74, 6) is 0.841. The van der Waals surface area contributed by atoms with Gasteiger partial charge in [0.2, 0.25) is 0 Å². The van der Waals surface area contributed by atoms with E-state index in [1.807, 2.05) is 6.07 Å². The number of aromatic nitrogens is 3. The molecule has 26 heavy (non-hydrogen) atoms. The smallest absolute Gasteiger partial charge is 0.410 e. The third kappa shape index (κ3) is 3.24. The maximum atomic E-state index is 11.7. The van der Waals surface area contributed by atoms with Crippen molar-refractivity contribution in [1.82, 2.24) is 24.6 Å². The van der Waals surface area contributed by atoms with Crippen LogP contribution in [-0.4, -0.2) is 70.1 Å². The highest BCUT2D eigenvalue weighted by Crippen LogP contribution is 2.32. The van der Waals surface area contributed by atoms with Crippen LogP contribution in [0.2, 0.25) is 0 Å². The SMILES string of the molecule is COc1ccc(CN2CC[C@@]3(C2)CN(C)C(=O)O3)cc1Cn1cncn1. The minimum absolute atomic E-state index is 0.216. The molecule has 1 atom stereocenters. The summed E-state index contributed by atoms with van der Waals surface area (Å²) in [6.45, 7) is 3.79. The largest absolute Gasteiger partial charge is 0.496 e. The maximum Gasteiger partial charge on any atom is 0.410 e. The first-order valence-corrected chi connectivity index (χ1v) is 8.72. The molecular formula is C18H23N5O3. The zero-order valence-corrected chi connectivity index (χ0v) is 15.1. The van der Waals surface area contributed by atoms with Crippen LogP contribution in [0.1, 0.15) is 17.5 Å². The van der Waals surface area contributed by atoms with E-state index in [4.69, 9.17) is 9.47 Å². The molecule has 1 aromatic heterocycles. The average molecular weight is 357 g/mol. The molecule has 0 unspecified atom stereocenters. The lowest BCUT2D eigenvalue weighted by Crippen LogP contribution is -2.37. The van der Waals surface area contributed by atoms with E-state index in [0.717, 1.165) is 37.4 Å². The summed E-state index contributed by atoms with van der Waals surface area (Å²) in [4.78, 5) is 19.7. The number of benzene rings is 1. The molecule has 0 N–H and O–H groups in total. The Hall–Kier alpha value is -2.61. The lowest BCUT2D eigenvalue weighted by molar-refractivity contribution is 0.0627. The fourth-order valence-corrected chi connectivity index (χ4v) is 3.87. The van der Waals surface area contributed by atoms with E-state index in [9.17, 15) is 4.79 Å². The molecule has 8 nitrogen and oxygen atoms in total. The predicted molar refractivity (Wildman–Crippen MR) is 93.9 cm³/mol. The monoisotopic (exact) mass is 357 g/mol. The molecule has 2 aliphatic rings. The Morgan fingerprint density at radius 1 is 1.31 bits per heavy atom. The van der Waals surface area contributed by atoms with Crippen LogP contribution >= 0.6 is 0 Å². The van der Waals surface area contributed by atoms with Gasteiger partial charge in [0.05, 0.1) is 20.2 Å². The molecule has 2 saturated heterocycles. The minimum atomic E-state index is -0.345. The third-order valence-electron chi connectivity index (χ3n) is 5.09. The van der Waals surface area contributed by atoms with Crippen molar-refractivity contribution >= 4 is 6.09 Å². The van der Waals surface area contributed by atoms with Crippen molar-refractivity contribution in [1.29, 1.82) is 0 Å². The zero-order valence-electron chi connectivity index (χ0n) is 15.1. The standard InChI is InChI=1S/C18H23N5O3/c1-21-10-18(26-17(21)24)5-6-22(11-18)8-14-3-4-16(25-2)15(7-14)9-23-13-19-12-20-23/h3-4,7,12-13H,5-6,8-11H2,1-2H3/t18-/m0/s1. The van der Waals surface area contributed by atoms with Gasteiger partial charge in [-0.15, -0.1) is 0 Å². The summed E-state index contributed by atoms with van der Waals surface area (Å²) in [5, 5.41) is 4.17. The summed E-state index contributed by atoms with van der Waals surface area (Å²) in [6, 6.07) is 6.23. The Labute approximate surface area is 152 Å². The topological polar surface area (TPSA) is 72.7 Å². The zero-order chi connectivity index (χ0) is 18.1. The number of likely N-dealkylation sites (tertiary alicyclic amines) is 1. The van der Waals surface area contributed by atoms with Gasteiger partial charge in [-0.2, -0.15) is 5.10 Å². The molecule has 4 rings (SSSR count). The van der Waals surface area contributed by atoms with Crippen molar-refractivity contribution in [2.45, 2.75) is 25.1 Å². The Kier molecular flexibility index (Phi) is 4.28. The van der Waals surface area contributed by atoms with Crippen LogP contribution < -0.4 is 4.74 Å². The molecule has 3 heterocycles.